The number of rotatable bonds is 4. The molecule has 0 radical (unpaired) electrons. The highest BCUT2D eigenvalue weighted by Crippen LogP contribution is 2.21. The van der Waals surface area contributed by atoms with Crippen LogP contribution < -0.4 is 0 Å². The quantitative estimate of drug-likeness (QED) is 0.849. The molecule has 2 amide bonds. The Balaban J connectivity index is 2.09. The molecule has 0 aliphatic carbocycles. The van der Waals surface area contributed by atoms with Crippen LogP contribution in [0.15, 0.2) is 22.8 Å². The van der Waals surface area contributed by atoms with E-state index in [0.29, 0.717) is 12.3 Å². The molecule has 1 aromatic rings. The first kappa shape index (κ1) is 14.4. The summed E-state index contributed by atoms with van der Waals surface area (Å²) in [5.41, 5.74) is 0. The van der Waals surface area contributed by atoms with E-state index in [4.69, 9.17) is 9.52 Å². The SMILES string of the molecule is CCN(Cc1ccco1)C(=O)N1CC(O)C[C@H]1C(=O)O. The number of carboxylic acid groups (broad SMARTS) is 1. The third-order valence-electron chi connectivity index (χ3n) is 3.39. The number of furan rings is 1. The number of nitrogens with zero attached hydrogens (tertiary/aromatic N) is 2. The zero-order valence-corrected chi connectivity index (χ0v) is 11.2. The van der Waals surface area contributed by atoms with Gasteiger partial charge in [-0.1, -0.05) is 0 Å². The van der Waals surface area contributed by atoms with E-state index in [-0.39, 0.29) is 19.5 Å². The second kappa shape index (κ2) is 5.96. The molecule has 7 heteroatoms. The van der Waals surface area contributed by atoms with Gasteiger partial charge >= 0.3 is 12.0 Å². The van der Waals surface area contributed by atoms with Crippen LogP contribution in [0.5, 0.6) is 0 Å². The van der Waals surface area contributed by atoms with Gasteiger partial charge < -0.3 is 24.4 Å². The summed E-state index contributed by atoms with van der Waals surface area (Å²) in [5.74, 6) is -0.462. The Bertz CT molecular complexity index is 473. The van der Waals surface area contributed by atoms with Gasteiger partial charge in [-0.15, -0.1) is 0 Å². The van der Waals surface area contributed by atoms with E-state index in [1.165, 1.54) is 16.1 Å². The Labute approximate surface area is 116 Å². The van der Waals surface area contributed by atoms with Gasteiger partial charge in [0.1, 0.15) is 11.8 Å². The van der Waals surface area contributed by atoms with Crippen LogP contribution in [0.4, 0.5) is 4.79 Å². The van der Waals surface area contributed by atoms with Gasteiger partial charge in [0.05, 0.1) is 18.9 Å². The van der Waals surface area contributed by atoms with Crippen molar-refractivity contribution in [1.29, 1.82) is 0 Å². The van der Waals surface area contributed by atoms with E-state index in [1.807, 2.05) is 6.92 Å². The number of hydrogen-bond donors (Lipinski definition) is 2. The Morgan fingerprint density at radius 3 is 2.85 bits per heavy atom. The van der Waals surface area contributed by atoms with Gasteiger partial charge in [0.2, 0.25) is 0 Å². The predicted octanol–water partition coefficient (Wildman–Crippen LogP) is 0.741. The molecule has 7 nitrogen and oxygen atoms in total. The molecule has 2 rings (SSSR count). The van der Waals surface area contributed by atoms with E-state index in [1.54, 1.807) is 12.1 Å². The van der Waals surface area contributed by atoms with Crippen LogP contribution in [0.3, 0.4) is 0 Å². The van der Waals surface area contributed by atoms with Crippen LogP contribution in [-0.2, 0) is 11.3 Å². The summed E-state index contributed by atoms with van der Waals surface area (Å²) in [6, 6.07) is 2.12. The van der Waals surface area contributed by atoms with Crippen molar-refractivity contribution in [3.8, 4) is 0 Å². The minimum Gasteiger partial charge on any atom is -0.480 e. The molecule has 110 valence electrons. The Hall–Kier alpha value is -2.02. The first-order chi connectivity index (χ1) is 9.52. The normalized spacial score (nSPS) is 22.0. The number of carbonyl (C=O) groups excluding carboxylic acids is 1. The second-order valence-electron chi connectivity index (χ2n) is 4.77. The molecule has 0 spiro atoms. The number of β-amino-alcohol motifs (C(OH)–C–C–N with tert-alkyl or cyclic N) is 1. The maximum Gasteiger partial charge on any atom is 0.326 e. The first-order valence-corrected chi connectivity index (χ1v) is 6.51. The van der Waals surface area contributed by atoms with E-state index in [9.17, 15) is 14.7 Å². The van der Waals surface area contributed by atoms with Gasteiger partial charge in [-0.2, -0.15) is 0 Å². The molecule has 2 N–H and O–H groups in total. The molecule has 2 heterocycles. The lowest BCUT2D eigenvalue weighted by Gasteiger charge is -2.28. The highest BCUT2D eigenvalue weighted by Gasteiger charge is 2.40. The van der Waals surface area contributed by atoms with Crippen molar-refractivity contribution in [3.63, 3.8) is 0 Å². The van der Waals surface area contributed by atoms with E-state index < -0.39 is 24.1 Å². The van der Waals surface area contributed by atoms with Crippen LogP contribution in [-0.4, -0.2) is 57.2 Å². The van der Waals surface area contributed by atoms with Crippen molar-refractivity contribution >= 4 is 12.0 Å². The summed E-state index contributed by atoms with van der Waals surface area (Å²) in [5, 5.41) is 18.7. The van der Waals surface area contributed by atoms with Crippen LogP contribution in [0.1, 0.15) is 19.1 Å². The van der Waals surface area contributed by atoms with Crippen LogP contribution >= 0.6 is 0 Å². The van der Waals surface area contributed by atoms with Crippen molar-refractivity contribution < 1.29 is 24.2 Å². The third-order valence-corrected chi connectivity index (χ3v) is 3.39. The van der Waals surface area contributed by atoms with Gasteiger partial charge in [0, 0.05) is 19.5 Å². The van der Waals surface area contributed by atoms with E-state index in [0.717, 1.165) is 0 Å². The predicted molar refractivity (Wildman–Crippen MR) is 68.9 cm³/mol. The molecule has 1 unspecified atom stereocenters. The number of amides is 2. The summed E-state index contributed by atoms with van der Waals surface area (Å²) in [7, 11) is 0. The number of aliphatic hydroxyl groups excluding tert-OH is 1. The zero-order chi connectivity index (χ0) is 14.7. The molecule has 20 heavy (non-hydrogen) atoms. The lowest BCUT2D eigenvalue weighted by Crippen LogP contribution is -2.47. The highest BCUT2D eigenvalue weighted by atomic mass is 16.4. The van der Waals surface area contributed by atoms with Crippen molar-refractivity contribution in [2.45, 2.75) is 32.0 Å². The fourth-order valence-corrected chi connectivity index (χ4v) is 2.35. The Morgan fingerprint density at radius 1 is 1.55 bits per heavy atom. The molecule has 1 aromatic heterocycles. The van der Waals surface area contributed by atoms with Crippen LogP contribution in [0.2, 0.25) is 0 Å². The zero-order valence-electron chi connectivity index (χ0n) is 11.2. The third kappa shape index (κ3) is 2.93. The largest absolute Gasteiger partial charge is 0.480 e. The molecule has 2 atom stereocenters. The van der Waals surface area contributed by atoms with Crippen molar-refractivity contribution in [2.75, 3.05) is 13.1 Å². The smallest absolute Gasteiger partial charge is 0.326 e. The maximum absolute atomic E-state index is 12.4. The van der Waals surface area contributed by atoms with Crippen LogP contribution in [0.25, 0.3) is 0 Å². The number of hydrogen-bond acceptors (Lipinski definition) is 4. The molecule has 1 aliphatic rings. The fraction of sp³-hybridized carbons (Fsp3) is 0.538. The number of aliphatic hydroxyl groups is 1. The van der Waals surface area contributed by atoms with Gasteiger partial charge in [0.15, 0.2) is 0 Å². The molecule has 0 saturated carbocycles. The van der Waals surface area contributed by atoms with Crippen molar-refractivity contribution in [3.05, 3.63) is 24.2 Å². The van der Waals surface area contributed by atoms with Gasteiger partial charge in [0.25, 0.3) is 0 Å². The first-order valence-electron chi connectivity index (χ1n) is 6.51. The molecule has 1 aliphatic heterocycles. The second-order valence-corrected chi connectivity index (χ2v) is 4.77. The monoisotopic (exact) mass is 282 g/mol. The topological polar surface area (TPSA) is 94.2 Å². The minimum absolute atomic E-state index is 0.0461. The average Bonchev–Trinajstić information content (AvgIpc) is 3.04. The minimum atomic E-state index is -1.09. The molecular weight excluding hydrogens is 264 g/mol. The summed E-state index contributed by atoms with van der Waals surface area (Å²) in [6.07, 6.45) is 0.800. The van der Waals surface area contributed by atoms with Gasteiger partial charge in [-0.25, -0.2) is 9.59 Å². The molecule has 0 aromatic carbocycles. The standard InChI is InChI=1S/C13H18N2O5/c1-2-14(8-10-4-3-5-20-10)13(19)15-7-9(16)6-11(15)12(17)18/h3-5,9,11,16H,2,6-8H2,1H3,(H,17,18)/t9?,11-/m0/s1. The fourth-order valence-electron chi connectivity index (χ4n) is 2.35. The summed E-state index contributed by atoms with van der Waals surface area (Å²) in [6.45, 7) is 2.56. The summed E-state index contributed by atoms with van der Waals surface area (Å²) >= 11 is 0. The summed E-state index contributed by atoms with van der Waals surface area (Å²) < 4.78 is 5.20. The average molecular weight is 282 g/mol. The molecular formula is C13H18N2O5. The van der Waals surface area contributed by atoms with Crippen molar-refractivity contribution in [2.24, 2.45) is 0 Å². The van der Waals surface area contributed by atoms with Crippen LogP contribution in [0, 0.1) is 0 Å². The number of aliphatic carboxylic acids is 1. The summed E-state index contributed by atoms with van der Waals surface area (Å²) in [4.78, 5) is 26.2. The van der Waals surface area contributed by atoms with Gasteiger partial charge in [-0.05, 0) is 19.1 Å². The number of urea groups is 1. The highest BCUT2D eigenvalue weighted by molar-refractivity contribution is 5.83. The molecule has 0 bridgehead atoms. The van der Waals surface area contributed by atoms with Gasteiger partial charge in [-0.3, -0.25) is 0 Å². The Morgan fingerprint density at radius 2 is 2.30 bits per heavy atom. The van der Waals surface area contributed by atoms with Crippen molar-refractivity contribution in [1.82, 2.24) is 9.80 Å². The molecule has 1 fully saturated rings. The number of carboxylic acids is 1. The number of carbonyl (C=O) groups is 2. The Kier molecular flexibility index (Phi) is 4.29. The maximum atomic E-state index is 12.4. The molecule has 1 saturated heterocycles. The number of likely N-dealkylation sites (tertiary alicyclic amines) is 1. The lowest BCUT2D eigenvalue weighted by atomic mass is 10.2. The van der Waals surface area contributed by atoms with E-state index in [2.05, 4.69) is 0 Å². The van der Waals surface area contributed by atoms with E-state index >= 15 is 0 Å². The lowest BCUT2D eigenvalue weighted by molar-refractivity contribution is -0.141.